The van der Waals surface area contributed by atoms with Crippen molar-refractivity contribution in [3.63, 3.8) is 0 Å². The summed E-state index contributed by atoms with van der Waals surface area (Å²) in [4.78, 5) is 2.38. The van der Waals surface area contributed by atoms with Crippen molar-refractivity contribution in [2.24, 2.45) is 5.73 Å². The number of fused-ring (bicyclic) bond motifs is 1. The monoisotopic (exact) mass is 246 g/mol. The van der Waals surface area contributed by atoms with Crippen LogP contribution >= 0.6 is 0 Å². The SMILES string of the molecule is CCN(CC)CCC(N)c1cc2ccccc2o1. The van der Waals surface area contributed by atoms with Crippen LogP contribution in [0.25, 0.3) is 11.0 Å². The van der Waals surface area contributed by atoms with E-state index in [1.807, 2.05) is 18.2 Å². The molecular weight excluding hydrogens is 224 g/mol. The Morgan fingerprint density at radius 3 is 2.61 bits per heavy atom. The van der Waals surface area contributed by atoms with Gasteiger partial charge in [-0.15, -0.1) is 0 Å². The smallest absolute Gasteiger partial charge is 0.134 e. The molecule has 2 N–H and O–H groups in total. The average molecular weight is 246 g/mol. The van der Waals surface area contributed by atoms with Gasteiger partial charge in [-0.1, -0.05) is 32.0 Å². The second-order valence-electron chi connectivity index (χ2n) is 4.61. The lowest BCUT2D eigenvalue weighted by Gasteiger charge is -2.19. The third-order valence-corrected chi connectivity index (χ3v) is 3.46. The van der Waals surface area contributed by atoms with Crippen LogP contribution in [0.1, 0.15) is 32.1 Å². The fraction of sp³-hybridized carbons (Fsp3) is 0.467. The first-order valence-electron chi connectivity index (χ1n) is 6.71. The van der Waals surface area contributed by atoms with Gasteiger partial charge < -0.3 is 15.1 Å². The molecule has 0 amide bonds. The van der Waals surface area contributed by atoms with Crippen LogP contribution in [0, 0.1) is 0 Å². The summed E-state index contributed by atoms with van der Waals surface area (Å²) in [5, 5.41) is 1.13. The lowest BCUT2D eigenvalue weighted by molar-refractivity contribution is 0.285. The van der Waals surface area contributed by atoms with Gasteiger partial charge in [0.05, 0.1) is 6.04 Å². The lowest BCUT2D eigenvalue weighted by atomic mass is 10.1. The van der Waals surface area contributed by atoms with Crippen LogP contribution in [-0.4, -0.2) is 24.5 Å². The Kier molecular flexibility index (Phi) is 4.39. The van der Waals surface area contributed by atoms with E-state index >= 15 is 0 Å². The molecule has 1 heterocycles. The summed E-state index contributed by atoms with van der Waals surface area (Å²) in [6.07, 6.45) is 0.932. The first-order chi connectivity index (χ1) is 8.74. The molecule has 0 saturated carbocycles. The third kappa shape index (κ3) is 2.92. The maximum absolute atomic E-state index is 6.20. The molecule has 18 heavy (non-hydrogen) atoms. The molecule has 1 unspecified atom stereocenters. The number of furan rings is 1. The first kappa shape index (κ1) is 13.1. The molecule has 1 aromatic carbocycles. The highest BCUT2D eigenvalue weighted by atomic mass is 16.3. The van der Waals surface area contributed by atoms with Crippen LogP contribution in [0.3, 0.4) is 0 Å². The number of nitrogens with two attached hydrogens (primary N) is 1. The highest BCUT2D eigenvalue weighted by Crippen LogP contribution is 2.24. The van der Waals surface area contributed by atoms with Crippen molar-refractivity contribution in [3.8, 4) is 0 Å². The van der Waals surface area contributed by atoms with E-state index in [0.717, 1.165) is 42.8 Å². The normalized spacial score (nSPS) is 13.3. The van der Waals surface area contributed by atoms with E-state index in [0.29, 0.717) is 0 Å². The van der Waals surface area contributed by atoms with Crippen LogP contribution in [-0.2, 0) is 0 Å². The van der Waals surface area contributed by atoms with E-state index in [1.165, 1.54) is 0 Å². The van der Waals surface area contributed by atoms with Gasteiger partial charge in [0.2, 0.25) is 0 Å². The molecule has 0 aliphatic rings. The van der Waals surface area contributed by atoms with Crippen molar-refractivity contribution in [1.29, 1.82) is 0 Å². The van der Waals surface area contributed by atoms with E-state index in [-0.39, 0.29) is 6.04 Å². The van der Waals surface area contributed by atoms with E-state index in [9.17, 15) is 0 Å². The van der Waals surface area contributed by atoms with Crippen molar-refractivity contribution in [1.82, 2.24) is 4.90 Å². The van der Waals surface area contributed by atoms with E-state index < -0.39 is 0 Å². The summed E-state index contributed by atoms with van der Waals surface area (Å²) < 4.78 is 5.79. The molecule has 2 rings (SSSR count). The molecule has 0 radical (unpaired) electrons. The minimum Gasteiger partial charge on any atom is -0.459 e. The Bertz CT molecular complexity index is 455. The second kappa shape index (κ2) is 6.03. The zero-order valence-electron chi connectivity index (χ0n) is 11.2. The molecule has 0 aliphatic carbocycles. The molecule has 98 valence electrons. The van der Waals surface area contributed by atoms with Crippen LogP contribution in [0.15, 0.2) is 34.7 Å². The quantitative estimate of drug-likeness (QED) is 0.851. The largest absolute Gasteiger partial charge is 0.459 e. The fourth-order valence-electron chi connectivity index (χ4n) is 2.19. The van der Waals surface area contributed by atoms with Gasteiger partial charge in [0.1, 0.15) is 11.3 Å². The number of nitrogens with zero attached hydrogens (tertiary/aromatic N) is 1. The van der Waals surface area contributed by atoms with Crippen molar-refractivity contribution in [2.45, 2.75) is 26.3 Å². The molecule has 0 saturated heterocycles. The topological polar surface area (TPSA) is 42.4 Å². The Balaban J connectivity index is 2.02. The minimum atomic E-state index is -0.0157. The molecule has 1 aromatic heterocycles. The summed E-state index contributed by atoms with van der Waals surface area (Å²) in [5.41, 5.74) is 7.12. The number of benzene rings is 1. The molecule has 3 nitrogen and oxygen atoms in total. The molecule has 3 heteroatoms. The summed E-state index contributed by atoms with van der Waals surface area (Å²) >= 11 is 0. The lowest BCUT2D eigenvalue weighted by Crippen LogP contribution is -2.26. The predicted octanol–water partition coefficient (Wildman–Crippen LogP) is 3.16. The molecule has 0 bridgehead atoms. The van der Waals surface area contributed by atoms with Crippen LogP contribution in [0.5, 0.6) is 0 Å². The van der Waals surface area contributed by atoms with Gasteiger partial charge in [0.25, 0.3) is 0 Å². The Hall–Kier alpha value is -1.32. The number of rotatable bonds is 6. The van der Waals surface area contributed by atoms with Crippen molar-refractivity contribution in [2.75, 3.05) is 19.6 Å². The highest BCUT2D eigenvalue weighted by molar-refractivity contribution is 5.77. The van der Waals surface area contributed by atoms with E-state index in [2.05, 4.69) is 30.9 Å². The van der Waals surface area contributed by atoms with Gasteiger partial charge in [-0.25, -0.2) is 0 Å². The summed E-state index contributed by atoms with van der Waals surface area (Å²) in [7, 11) is 0. The first-order valence-corrected chi connectivity index (χ1v) is 6.71. The maximum Gasteiger partial charge on any atom is 0.134 e. The van der Waals surface area contributed by atoms with Crippen molar-refractivity contribution < 1.29 is 4.42 Å². The van der Waals surface area contributed by atoms with Gasteiger partial charge in [-0.05, 0) is 31.6 Å². The molecule has 1 atom stereocenters. The maximum atomic E-state index is 6.20. The highest BCUT2D eigenvalue weighted by Gasteiger charge is 2.12. The van der Waals surface area contributed by atoms with Crippen LogP contribution in [0.2, 0.25) is 0 Å². The Morgan fingerprint density at radius 2 is 1.94 bits per heavy atom. The molecule has 0 aliphatic heterocycles. The van der Waals surface area contributed by atoms with Crippen molar-refractivity contribution >= 4 is 11.0 Å². The zero-order chi connectivity index (χ0) is 13.0. The summed E-state index contributed by atoms with van der Waals surface area (Å²) in [5.74, 6) is 0.892. The van der Waals surface area contributed by atoms with Gasteiger partial charge in [0, 0.05) is 11.9 Å². The van der Waals surface area contributed by atoms with Gasteiger partial charge in [-0.2, -0.15) is 0 Å². The summed E-state index contributed by atoms with van der Waals surface area (Å²) in [6, 6.07) is 10.1. The predicted molar refractivity (Wildman–Crippen MR) is 75.5 cm³/mol. The Labute approximate surface area is 109 Å². The number of hydrogen-bond acceptors (Lipinski definition) is 3. The van der Waals surface area contributed by atoms with Gasteiger partial charge >= 0.3 is 0 Å². The van der Waals surface area contributed by atoms with Crippen LogP contribution in [0.4, 0.5) is 0 Å². The standard InChI is InChI=1S/C15H22N2O/c1-3-17(4-2)10-9-13(16)15-11-12-7-5-6-8-14(12)18-15/h5-8,11,13H,3-4,9-10,16H2,1-2H3. The second-order valence-corrected chi connectivity index (χ2v) is 4.61. The zero-order valence-corrected chi connectivity index (χ0v) is 11.2. The third-order valence-electron chi connectivity index (χ3n) is 3.46. The number of hydrogen-bond donors (Lipinski definition) is 1. The van der Waals surface area contributed by atoms with E-state index in [1.54, 1.807) is 0 Å². The molecular formula is C15H22N2O. The van der Waals surface area contributed by atoms with E-state index in [4.69, 9.17) is 10.2 Å². The van der Waals surface area contributed by atoms with Gasteiger partial charge in [-0.3, -0.25) is 0 Å². The average Bonchev–Trinajstić information content (AvgIpc) is 2.83. The fourth-order valence-corrected chi connectivity index (χ4v) is 2.19. The Morgan fingerprint density at radius 1 is 1.22 bits per heavy atom. The molecule has 2 aromatic rings. The van der Waals surface area contributed by atoms with Crippen molar-refractivity contribution in [3.05, 3.63) is 36.1 Å². The minimum absolute atomic E-state index is 0.0157. The number of para-hydroxylation sites is 1. The molecule has 0 fully saturated rings. The summed E-state index contributed by atoms with van der Waals surface area (Å²) in [6.45, 7) is 7.52. The molecule has 0 spiro atoms. The van der Waals surface area contributed by atoms with Gasteiger partial charge in [0.15, 0.2) is 0 Å². The van der Waals surface area contributed by atoms with Crippen LogP contribution < -0.4 is 5.73 Å².